The molecular formula is C12H16N2O2. The number of carbonyl (C=O) groups excluding carboxylic acids is 2. The molecule has 0 unspecified atom stereocenters. The van der Waals surface area contributed by atoms with Crippen molar-refractivity contribution in [2.45, 2.75) is 13.3 Å². The first-order valence-corrected chi connectivity index (χ1v) is 5.34. The average Bonchev–Trinajstić information content (AvgIpc) is 2.34. The summed E-state index contributed by atoms with van der Waals surface area (Å²) in [4.78, 5) is 22.7. The molecule has 1 aromatic carbocycles. The Bertz CT molecular complexity index is 349. The summed E-state index contributed by atoms with van der Waals surface area (Å²) >= 11 is 0. The molecule has 16 heavy (non-hydrogen) atoms. The minimum atomic E-state index is -0.229. The standard InChI is InChI=1S/C12H16N2O2/c1-2-8-13-11(15)9-14-12(16)10-6-4-3-5-7-10/h3-7H,2,8-9H2,1H3,(H,13,15)(H,14,16). The highest BCUT2D eigenvalue weighted by Crippen LogP contribution is 1.96. The molecule has 2 N–H and O–H groups in total. The quantitative estimate of drug-likeness (QED) is 0.776. The molecule has 0 spiro atoms. The van der Waals surface area contributed by atoms with E-state index in [2.05, 4.69) is 10.6 Å². The number of amides is 2. The number of hydrogen-bond donors (Lipinski definition) is 2. The fraction of sp³-hybridized carbons (Fsp3) is 0.333. The zero-order valence-electron chi connectivity index (χ0n) is 9.32. The molecule has 2 amide bonds. The molecule has 0 aliphatic rings. The van der Waals surface area contributed by atoms with Crippen molar-refractivity contribution >= 4 is 11.8 Å². The molecule has 0 radical (unpaired) electrons. The highest BCUT2D eigenvalue weighted by atomic mass is 16.2. The lowest BCUT2D eigenvalue weighted by Crippen LogP contribution is -2.37. The smallest absolute Gasteiger partial charge is 0.251 e. The summed E-state index contributed by atoms with van der Waals surface area (Å²) in [5.74, 6) is -0.390. The van der Waals surface area contributed by atoms with Crippen LogP contribution in [0, 0.1) is 0 Å². The minimum Gasteiger partial charge on any atom is -0.355 e. The van der Waals surface area contributed by atoms with Gasteiger partial charge in [-0.25, -0.2) is 0 Å². The molecule has 0 aliphatic carbocycles. The summed E-state index contributed by atoms with van der Waals surface area (Å²) in [7, 11) is 0. The van der Waals surface area contributed by atoms with Crippen LogP contribution >= 0.6 is 0 Å². The van der Waals surface area contributed by atoms with Gasteiger partial charge in [-0.3, -0.25) is 9.59 Å². The van der Waals surface area contributed by atoms with Gasteiger partial charge in [0.05, 0.1) is 6.54 Å². The van der Waals surface area contributed by atoms with Crippen molar-refractivity contribution in [3.8, 4) is 0 Å². The summed E-state index contributed by atoms with van der Waals surface area (Å²) < 4.78 is 0. The predicted molar refractivity (Wildman–Crippen MR) is 62.1 cm³/mol. The van der Waals surface area contributed by atoms with E-state index >= 15 is 0 Å². The van der Waals surface area contributed by atoms with Gasteiger partial charge >= 0.3 is 0 Å². The Morgan fingerprint density at radius 2 is 1.81 bits per heavy atom. The highest BCUT2D eigenvalue weighted by Gasteiger charge is 2.06. The number of nitrogens with one attached hydrogen (secondary N) is 2. The third-order valence-electron chi connectivity index (χ3n) is 2.02. The van der Waals surface area contributed by atoms with Crippen molar-refractivity contribution in [2.24, 2.45) is 0 Å². The maximum Gasteiger partial charge on any atom is 0.251 e. The summed E-state index contributed by atoms with van der Waals surface area (Å²) in [6.45, 7) is 2.64. The number of carbonyl (C=O) groups is 2. The largest absolute Gasteiger partial charge is 0.355 e. The number of benzene rings is 1. The first-order valence-electron chi connectivity index (χ1n) is 5.34. The van der Waals surface area contributed by atoms with Crippen LogP contribution in [0.25, 0.3) is 0 Å². The van der Waals surface area contributed by atoms with E-state index in [1.165, 1.54) is 0 Å². The Kier molecular flexibility index (Phi) is 5.05. The van der Waals surface area contributed by atoms with E-state index in [0.717, 1.165) is 6.42 Å². The van der Waals surface area contributed by atoms with E-state index in [1.54, 1.807) is 24.3 Å². The van der Waals surface area contributed by atoms with Crippen molar-refractivity contribution in [2.75, 3.05) is 13.1 Å². The Balaban J connectivity index is 2.33. The second-order valence-electron chi connectivity index (χ2n) is 3.40. The molecule has 0 aliphatic heterocycles. The normalized spacial score (nSPS) is 9.56. The van der Waals surface area contributed by atoms with Crippen molar-refractivity contribution in [3.05, 3.63) is 35.9 Å². The Hall–Kier alpha value is -1.84. The van der Waals surface area contributed by atoms with Gasteiger partial charge in [0.1, 0.15) is 0 Å². The Morgan fingerprint density at radius 1 is 1.12 bits per heavy atom. The first-order chi connectivity index (χ1) is 7.74. The third-order valence-corrected chi connectivity index (χ3v) is 2.02. The van der Waals surface area contributed by atoms with Gasteiger partial charge in [0.15, 0.2) is 0 Å². The van der Waals surface area contributed by atoms with Crippen molar-refractivity contribution in [1.29, 1.82) is 0 Å². The fourth-order valence-electron chi connectivity index (χ4n) is 1.18. The molecule has 4 heteroatoms. The zero-order valence-corrected chi connectivity index (χ0v) is 9.32. The molecule has 1 aromatic rings. The van der Waals surface area contributed by atoms with Gasteiger partial charge in [0.25, 0.3) is 5.91 Å². The molecule has 0 atom stereocenters. The lowest BCUT2D eigenvalue weighted by Gasteiger charge is -2.05. The van der Waals surface area contributed by atoms with Crippen molar-refractivity contribution in [3.63, 3.8) is 0 Å². The fourth-order valence-corrected chi connectivity index (χ4v) is 1.18. The molecule has 1 rings (SSSR count). The number of rotatable bonds is 5. The first kappa shape index (κ1) is 12.2. The lowest BCUT2D eigenvalue weighted by molar-refractivity contribution is -0.120. The van der Waals surface area contributed by atoms with Crippen LogP contribution in [0.2, 0.25) is 0 Å². The predicted octanol–water partition coefficient (Wildman–Crippen LogP) is 0.943. The van der Waals surface area contributed by atoms with Crippen LogP contribution in [0.5, 0.6) is 0 Å². The second kappa shape index (κ2) is 6.61. The molecule has 0 saturated carbocycles. The monoisotopic (exact) mass is 220 g/mol. The van der Waals surface area contributed by atoms with Crippen molar-refractivity contribution < 1.29 is 9.59 Å². The van der Waals surface area contributed by atoms with E-state index < -0.39 is 0 Å². The minimum absolute atomic E-state index is 0.0216. The van der Waals surface area contributed by atoms with E-state index in [0.29, 0.717) is 12.1 Å². The van der Waals surface area contributed by atoms with E-state index in [9.17, 15) is 9.59 Å². The molecule has 86 valence electrons. The van der Waals surface area contributed by atoms with Gasteiger partial charge < -0.3 is 10.6 Å². The van der Waals surface area contributed by atoms with Crippen LogP contribution in [0.3, 0.4) is 0 Å². The van der Waals surface area contributed by atoms with Crippen LogP contribution in [0.1, 0.15) is 23.7 Å². The molecule has 4 nitrogen and oxygen atoms in total. The third kappa shape index (κ3) is 4.13. The molecule has 0 heterocycles. The van der Waals surface area contributed by atoms with E-state index in [1.807, 2.05) is 13.0 Å². The Labute approximate surface area is 95.0 Å². The molecule has 0 saturated heterocycles. The Morgan fingerprint density at radius 3 is 2.44 bits per heavy atom. The van der Waals surface area contributed by atoms with E-state index in [4.69, 9.17) is 0 Å². The maximum atomic E-state index is 11.5. The zero-order chi connectivity index (χ0) is 11.8. The average molecular weight is 220 g/mol. The summed E-state index contributed by atoms with van der Waals surface area (Å²) in [6.07, 6.45) is 0.887. The van der Waals surface area contributed by atoms with Crippen LogP contribution in [0.4, 0.5) is 0 Å². The summed E-state index contributed by atoms with van der Waals surface area (Å²) in [5.41, 5.74) is 0.561. The van der Waals surface area contributed by atoms with E-state index in [-0.39, 0.29) is 18.4 Å². The molecule has 0 bridgehead atoms. The molecule has 0 fully saturated rings. The number of hydrogen-bond acceptors (Lipinski definition) is 2. The highest BCUT2D eigenvalue weighted by molar-refractivity contribution is 5.96. The summed E-state index contributed by atoms with van der Waals surface area (Å²) in [5, 5.41) is 5.24. The second-order valence-corrected chi connectivity index (χ2v) is 3.40. The van der Waals surface area contributed by atoms with Crippen LogP contribution in [-0.4, -0.2) is 24.9 Å². The van der Waals surface area contributed by atoms with Crippen molar-refractivity contribution in [1.82, 2.24) is 10.6 Å². The van der Waals surface area contributed by atoms with Gasteiger partial charge in [-0.1, -0.05) is 25.1 Å². The molecule has 0 aromatic heterocycles. The van der Waals surface area contributed by atoms with Crippen LogP contribution in [-0.2, 0) is 4.79 Å². The lowest BCUT2D eigenvalue weighted by atomic mass is 10.2. The van der Waals surface area contributed by atoms with Crippen LogP contribution in [0.15, 0.2) is 30.3 Å². The van der Waals surface area contributed by atoms with Gasteiger partial charge in [0, 0.05) is 12.1 Å². The van der Waals surface area contributed by atoms with Gasteiger partial charge in [-0.2, -0.15) is 0 Å². The summed E-state index contributed by atoms with van der Waals surface area (Å²) in [6, 6.07) is 8.82. The SMILES string of the molecule is CCCNC(=O)CNC(=O)c1ccccc1. The van der Waals surface area contributed by atoms with Crippen LogP contribution < -0.4 is 10.6 Å². The maximum absolute atomic E-state index is 11.5. The topological polar surface area (TPSA) is 58.2 Å². The van der Waals surface area contributed by atoms with Gasteiger partial charge in [-0.05, 0) is 18.6 Å². The van der Waals surface area contributed by atoms with Gasteiger partial charge in [0.2, 0.25) is 5.91 Å². The molecular weight excluding hydrogens is 204 g/mol. The van der Waals surface area contributed by atoms with Gasteiger partial charge in [-0.15, -0.1) is 0 Å².